The van der Waals surface area contributed by atoms with Crippen molar-refractivity contribution in [3.05, 3.63) is 29.6 Å². The Morgan fingerprint density at radius 1 is 1.52 bits per heavy atom. The fraction of sp³-hybridized carbons (Fsp3) is 0.556. The number of nitrogens with two attached hydrogens (primary N) is 1. The van der Waals surface area contributed by atoms with E-state index in [0.717, 1.165) is 42.2 Å². The van der Waals surface area contributed by atoms with Crippen molar-refractivity contribution < 1.29 is 4.79 Å². The first-order valence-corrected chi connectivity index (χ1v) is 8.68. The summed E-state index contributed by atoms with van der Waals surface area (Å²) in [4.78, 5) is 22.7. The average Bonchev–Trinajstić information content (AvgIpc) is 3.08. The Bertz CT molecular complexity index is 753. The Morgan fingerprint density at radius 3 is 3.17 bits per heavy atom. The van der Waals surface area contributed by atoms with Crippen LogP contribution in [0, 0.1) is 5.92 Å². The zero-order valence-corrected chi connectivity index (χ0v) is 13.6. The van der Waals surface area contributed by atoms with Crippen molar-refractivity contribution in [1.82, 2.24) is 14.9 Å². The van der Waals surface area contributed by atoms with E-state index < -0.39 is 5.91 Å². The van der Waals surface area contributed by atoms with Crippen molar-refractivity contribution >= 4 is 16.9 Å². The van der Waals surface area contributed by atoms with Gasteiger partial charge in [0.25, 0.3) is 5.91 Å². The number of para-hydroxylation sites is 1. The van der Waals surface area contributed by atoms with Gasteiger partial charge in [0.1, 0.15) is 11.3 Å². The Kier molecular flexibility index (Phi) is 3.41. The van der Waals surface area contributed by atoms with Gasteiger partial charge in [-0.2, -0.15) is 0 Å². The first-order chi connectivity index (χ1) is 11.1. The molecule has 2 bridgehead atoms. The molecule has 2 aromatic rings. The molecule has 1 saturated carbocycles. The van der Waals surface area contributed by atoms with E-state index in [1.54, 1.807) is 6.07 Å². The smallest absolute Gasteiger partial charge is 0.250 e. The molecule has 2 atom stereocenters. The Hall–Kier alpha value is -1.88. The van der Waals surface area contributed by atoms with E-state index in [-0.39, 0.29) is 5.54 Å². The summed E-state index contributed by atoms with van der Waals surface area (Å²) in [7, 11) is 0. The molecule has 2 aliphatic rings. The molecule has 23 heavy (non-hydrogen) atoms. The molecule has 1 aromatic carbocycles. The van der Waals surface area contributed by atoms with E-state index in [1.807, 2.05) is 12.1 Å². The van der Waals surface area contributed by atoms with Gasteiger partial charge in [0.05, 0.1) is 16.6 Å². The highest BCUT2D eigenvalue weighted by molar-refractivity contribution is 6.04. The number of nitrogens with zero attached hydrogens (tertiary/aromatic N) is 2. The molecule has 5 heteroatoms. The number of carbonyl (C=O) groups is 1. The molecule has 1 aliphatic heterocycles. The molecular weight excluding hydrogens is 288 g/mol. The zero-order valence-electron chi connectivity index (χ0n) is 13.6. The van der Waals surface area contributed by atoms with Crippen LogP contribution in [-0.2, 0) is 5.54 Å². The van der Waals surface area contributed by atoms with Gasteiger partial charge in [0.15, 0.2) is 0 Å². The van der Waals surface area contributed by atoms with Crippen molar-refractivity contribution in [1.29, 1.82) is 0 Å². The van der Waals surface area contributed by atoms with E-state index in [1.165, 1.54) is 25.8 Å². The van der Waals surface area contributed by atoms with Crippen LogP contribution >= 0.6 is 0 Å². The minimum atomic E-state index is -0.412. The normalized spacial score (nSPS) is 27.6. The van der Waals surface area contributed by atoms with Gasteiger partial charge < -0.3 is 10.7 Å². The first-order valence-electron chi connectivity index (χ1n) is 8.68. The number of imidazole rings is 1. The van der Waals surface area contributed by atoms with Gasteiger partial charge in [-0.15, -0.1) is 0 Å². The highest BCUT2D eigenvalue weighted by Gasteiger charge is 2.50. The summed E-state index contributed by atoms with van der Waals surface area (Å²) in [5.74, 6) is 1.39. The van der Waals surface area contributed by atoms with Crippen LogP contribution < -0.4 is 5.73 Å². The number of fused-ring (bicyclic) bond motifs is 3. The monoisotopic (exact) mass is 312 g/mol. The van der Waals surface area contributed by atoms with E-state index in [9.17, 15) is 4.79 Å². The quantitative estimate of drug-likeness (QED) is 0.911. The van der Waals surface area contributed by atoms with Gasteiger partial charge in [0, 0.05) is 6.54 Å². The van der Waals surface area contributed by atoms with Crippen LogP contribution in [0.3, 0.4) is 0 Å². The molecule has 2 fully saturated rings. The first kappa shape index (κ1) is 14.7. The minimum Gasteiger partial charge on any atom is -0.366 e. The highest BCUT2D eigenvalue weighted by atomic mass is 16.1. The third kappa shape index (κ3) is 2.17. The number of benzene rings is 1. The highest BCUT2D eigenvalue weighted by Crippen LogP contribution is 2.49. The summed E-state index contributed by atoms with van der Waals surface area (Å²) in [6, 6.07) is 5.60. The number of aromatic amines is 1. The Balaban J connectivity index is 1.84. The van der Waals surface area contributed by atoms with Crippen LogP contribution in [0.1, 0.15) is 55.2 Å². The van der Waals surface area contributed by atoms with E-state index >= 15 is 0 Å². The molecule has 0 spiro atoms. The SMILES string of the molecule is CCCN1C[C@@H]2CCC[C@]1(c1nc3c(C(N)=O)cccc3[nH]1)C2. The molecule has 0 unspecified atom stereocenters. The van der Waals surface area contributed by atoms with Crippen LogP contribution in [0.4, 0.5) is 0 Å². The van der Waals surface area contributed by atoms with Crippen LogP contribution in [0.2, 0.25) is 0 Å². The lowest BCUT2D eigenvalue weighted by molar-refractivity contribution is 0.100. The lowest BCUT2D eigenvalue weighted by Crippen LogP contribution is -2.42. The maximum atomic E-state index is 11.7. The van der Waals surface area contributed by atoms with E-state index in [4.69, 9.17) is 10.7 Å². The van der Waals surface area contributed by atoms with Gasteiger partial charge in [0.2, 0.25) is 0 Å². The number of aromatic nitrogens is 2. The molecule has 1 aliphatic carbocycles. The van der Waals surface area contributed by atoms with Crippen LogP contribution in [0.15, 0.2) is 18.2 Å². The van der Waals surface area contributed by atoms with Gasteiger partial charge in [-0.25, -0.2) is 4.98 Å². The molecule has 1 amide bonds. The van der Waals surface area contributed by atoms with Gasteiger partial charge in [-0.3, -0.25) is 9.69 Å². The zero-order chi connectivity index (χ0) is 16.0. The summed E-state index contributed by atoms with van der Waals surface area (Å²) in [6.45, 7) is 4.52. The lowest BCUT2D eigenvalue weighted by atomic mass is 9.79. The van der Waals surface area contributed by atoms with Crippen LogP contribution in [0.25, 0.3) is 11.0 Å². The molecule has 3 N–H and O–H groups in total. The van der Waals surface area contributed by atoms with Crippen molar-refractivity contribution in [3.8, 4) is 0 Å². The number of primary amides is 1. The minimum absolute atomic E-state index is 0.0207. The van der Waals surface area contributed by atoms with Crippen LogP contribution in [0.5, 0.6) is 0 Å². The molecular formula is C18H24N4O. The summed E-state index contributed by atoms with van der Waals surface area (Å²) >= 11 is 0. The summed E-state index contributed by atoms with van der Waals surface area (Å²) in [5.41, 5.74) is 7.67. The molecule has 1 aromatic heterocycles. The second-order valence-corrected chi connectivity index (χ2v) is 7.09. The molecule has 4 rings (SSSR count). The lowest BCUT2D eigenvalue weighted by Gasteiger charge is -2.38. The topological polar surface area (TPSA) is 75.0 Å². The van der Waals surface area contributed by atoms with Crippen molar-refractivity contribution in [3.63, 3.8) is 0 Å². The fourth-order valence-electron chi connectivity index (χ4n) is 4.69. The third-order valence-electron chi connectivity index (χ3n) is 5.63. The maximum Gasteiger partial charge on any atom is 0.250 e. The summed E-state index contributed by atoms with van der Waals surface area (Å²) < 4.78 is 0. The summed E-state index contributed by atoms with van der Waals surface area (Å²) in [6.07, 6.45) is 6.06. The van der Waals surface area contributed by atoms with Crippen molar-refractivity contribution in [2.45, 2.75) is 44.6 Å². The predicted molar refractivity (Wildman–Crippen MR) is 90.1 cm³/mol. The number of likely N-dealkylation sites (tertiary alicyclic amines) is 1. The fourth-order valence-corrected chi connectivity index (χ4v) is 4.69. The van der Waals surface area contributed by atoms with Crippen molar-refractivity contribution in [2.24, 2.45) is 11.7 Å². The van der Waals surface area contributed by atoms with Gasteiger partial charge in [-0.05, 0) is 50.3 Å². The molecule has 1 saturated heterocycles. The average molecular weight is 312 g/mol. The predicted octanol–water partition coefficient (Wildman–Crippen LogP) is 2.77. The number of amides is 1. The number of hydrogen-bond acceptors (Lipinski definition) is 3. The van der Waals surface area contributed by atoms with Gasteiger partial charge >= 0.3 is 0 Å². The van der Waals surface area contributed by atoms with Crippen LogP contribution in [-0.4, -0.2) is 33.9 Å². The molecule has 0 radical (unpaired) electrons. The van der Waals surface area contributed by atoms with Gasteiger partial charge in [-0.1, -0.05) is 19.4 Å². The largest absolute Gasteiger partial charge is 0.366 e. The maximum absolute atomic E-state index is 11.7. The van der Waals surface area contributed by atoms with E-state index in [0.29, 0.717) is 5.56 Å². The molecule has 122 valence electrons. The Labute approximate surface area is 136 Å². The second kappa shape index (κ2) is 5.34. The molecule has 2 heterocycles. The third-order valence-corrected chi connectivity index (χ3v) is 5.63. The number of rotatable bonds is 4. The number of hydrogen-bond donors (Lipinski definition) is 2. The summed E-state index contributed by atoms with van der Waals surface area (Å²) in [5, 5.41) is 0. The van der Waals surface area contributed by atoms with E-state index in [2.05, 4.69) is 16.8 Å². The number of H-pyrrole nitrogens is 1. The second-order valence-electron chi connectivity index (χ2n) is 7.09. The van der Waals surface area contributed by atoms with Crippen molar-refractivity contribution in [2.75, 3.05) is 13.1 Å². The molecule has 5 nitrogen and oxygen atoms in total. The standard InChI is InChI=1S/C18H24N4O/c1-2-9-22-11-12-5-4-8-18(22,10-12)17-20-14-7-3-6-13(16(19)23)15(14)21-17/h3,6-7,12H,2,4-5,8-11H2,1H3,(H2,19,23)(H,20,21)/t12-,18-/m1/s1. The Morgan fingerprint density at radius 2 is 2.39 bits per heavy atom. The number of nitrogens with one attached hydrogen (secondary N) is 1. The number of carbonyl (C=O) groups excluding carboxylic acids is 1.